The van der Waals surface area contributed by atoms with Crippen molar-refractivity contribution in [3.8, 4) is 0 Å². The SMILES string of the molecule is CC(C)NC(c1ccc(Br)cc1)c1nc2c(s1)CCCC2. The minimum absolute atomic E-state index is 0.203. The zero-order valence-corrected chi connectivity index (χ0v) is 14.9. The number of hydrogen-bond acceptors (Lipinski definition) is 3. The van der Waals surface area contributed by atoms with Crippen LogP contribution in [0.5, 0.6) is 0 Å². The molecule has 21 heavy (non-hydrogen) atoms. The predicted molar refractivity (Wildman–Crippen MR) is 93.0 cm³/mol. The molecule has 0 radical (unpaired) electrons. The van der Waals surface area contributed by atoms with Crippen molar-refractivity contribution in [2.24, 2.45) is 0 Å². The molecule has 1 unspecified atom stereocenters. The van der Waals surface area contributed by atoms with Gasteiger partial charge in [-0.1, -0.05) is 28.1 Å². The van der Waals surface area contributed by atoms with Crippen LogP contribution in [0.1, 0.15) is 53.9 Å². The molecule has 1 atom stereocenters. The lowest BCUT2D eigenvalue weighted by atomic mass is 10.0. The van der Waals surface area contributed by atoms with Gasteiger partial charge >= 0.3 is 0 Å². The molecule has 0 fully saturated rings. The molecule has 112 valence electrons. The molecule has 0 amide bonds. The van der Waals surface area contributed by atoms with Gasteiger partial charge in [-0.25, -0.2) is 4.98 Å². The van der Waals surface area contributed by atoms with Gasteiger partial charge in [0.1, 0.15) is 5.01 Å². The Kier molecular flexibility index (Phi) is 4.77. The average Bonchev–Trinajstić information content (AvgIpc) is 2.89. The first kappa shape index (κ1) is 15.2. The molecule has 0 saturated heterocycles. The van der Waals surface area contributed by atoms with Crippen LogP contribution in [0.2, 0.25) is 0 Å². The number of aryl methyl sites for hydroxylation is 2. The smallest absolute Gasteiger partial charge is 0.115 e. The van der Waals surface area contributed by atoms with Crippen molar-refractivity contribution < 1.29 is 0 Å². The molecule has 1 N–H and O–H groups in total. The second-order valence-electron chi connectivity index (χ2n) is 5.94. The van der Waals surface area contributed by atoms with Crippen LogP contribution >= 0.6 is 27.3 Å². The maximum atomic E-state index is 4.95. The highest BCUT2D eigenvalue weighted by molar-refractivity contribution is 9.10. The van der Waals surface area contributed by atoms with Gasteiger partial charge in [-0.15, -0.1) is 11.3 Å². The molecule has 3 rings (SSSR count). The summed E-state index contributed by atoms with van der Waals surface area (Å²) >= 11 is 5.41. The molecule has 0 aliphatic heterocycles. The van der Waals surface area contributed by atoms with Crippen LogP contribution in [0.25, 0.3) is 0 Å². The highest BCUT2D eigenvalue weighted by Crippen LogP contribution is 2.33. The van der Waals surface area contributed by atoms with Crippen LogP contribution in [-0.2, 0) is 12.8 Å². The zero-order valence-electron chi connectivity index (χ0n) is 12.5. The summed E-state index contributed by atoms with van der Waals surface area (Å²) in [6, 6.07) is 9.22. The summed E-state index contributed by atoms with van der Waals surface area (Å²) < 4.78 is 1.12. The molecular weight excluding hydrogens is 344 g/mol. The van der Waals surface area contributed by atoms with E-state index in [1.165, 1.54) is 40.4 Å². The maximum absolute atomic E-state index is 4.95. The summed E-state index contributed by atoms with van der Waals surface area (Å²) in [6.07, 6.45) is 4.97. The minimum Gasteiger partial charge on any atom is -0.302 e. The van der Waals surface area contributed by atoms with Crippen molar-refractivity contribution in [2.45, 2.75) is 51.6 Å². The first-order chi connectivity index (χ1) is 10.1. The first-order valence-electron chi connectivity index (χ1n) is 7.63. The maximum Gasteiger partial charge on any atom is 0.115 e. The van der Waals surface area contributed by atoms with E-state index in [2.05, 4.69) is 59.4 Å². The van der Waals surface area contributed by atoms with E-state index in [4.69, 9.17) is 4.98 Å². The van der Waals surface area contributed by atoms with Gasteiger partial charge in [-0.3, -0.25) is 0 Å². The van der Waals surface area contributed by atoms with Crippen LogP contribution < -0.4 is 5.32 Å². The number of hydrogen-bond donors (Lipinski definition) is 1. The molecule has 2 aromatic rings. The number of fused-ring (bicyclic) bond motifs is 1. The number of rotatable bonds is 4. The Morgan fingerprint density at radius 2 is 1.86 bits per heavy atom. The van der Waals surface area contributed by atoms with E-state index in [0.717, 1.165) is 10.9 Å². The molecule has 2 nitrogen and oxygen atoms in total. The minimum atomic E-state index is 0.203. The Labute approximate surface area is 139 Å². The van der Waals surface area contributed by atoms with Gasteiger partial charge in [0.2, 0.25) is 0 Å². The number of thiazole rings is 1. The molecule has 4 heteroatoms. The second-order valence-corrected chi connectivity index (χ2v) is 7.97. The molecular formula is C17H21BrN2S. The Bertz CT molecular complexity index is 580. The molecule has 1 heterocycles. The van der Waals surface area contributed by atoms with Crippen LogP contribution in [0.4, 0.5) is 0 Å². The van der Waals surface area contributed by atoms with Gasteiger partial charge in [0.05, 0.1) is 11.7 Å². The molecule has 1 aromatic heterocycles. The Morgan fingerprint density at radius 1 is 1.14 bits per heavy atom. The van der Waals surface area contributed by atoms with E-state index >= 15 is 0 Å². The van der Waals surface area contributed by atoms with Crippen molar-refractivity contribution in [1.82, 2.24) is 10.3 Å². The Hall–Kier alpha value is -0.710. The molecule has 1 aliphatic rings. The van der Waals surface area contributed by atoms with E-state index < -0.39 is 0 Å². The third-order valence-electron chi connectivity index (χ3n) is 3.81. The van der Waals surface area contributed by atoms with Crippen LogP contribution in [-0.4, -0.2) is 11.0 Å². The fourth-order valence-electron chi connectivity index (χ4n) is 2.79. The highest BCUT2D eigenvalue weighted by atomic mass is 79.9. The number of aromatic nitrogens is 1. The van der Waals surface area contributed by atoms with E-state index in [1.54, 1.807) is 0 Å². The normalized spacial score (nSPS) is 16.0. The van der Waals surface area contributed by atoms with Crippen molar-refractivity contribution in [1.29, 1.82) is 0 Å². The average molecular weight is 365 g/mol. The number of benzene rings is 1. The summed E-state index contributed by atoms with van der Waals surface area (Å²) in [4.78, 5) is 6.45. The molecule has 1 aromatic carbocycles. The summed E-state index contributed by atoms with van der Waals surface area (Å²) in [6.45, 7) is 4.39. The molecule has 1 aliphatic carbocycles. The topological polar surface area (TPSA) is 24.9 Å². The number of halogens is 1. The van der Waals surface area contributed by atoms with Gasteiger partial charge in [0, 0.05) is 15.4 Å². The molecule has 0 saturated carbocycles. The Balaban J connectivity index is 1.95. The predicted octanol–water partition coefficient (Wildman–Crippen LogP) is 4.87. The van der Waals surface area contributed by atoms with Crippen molar-refractivity contribution >= 4 is 27.3 Å². The zero-order chi connectivity index (χ0) is 14.8. The largest absolute Gasteiger partial charge is 0.302 e. The Morgan fingerprint density at radius 3 is 2.52 bits per heavy atom. The van der Waals surface area contributed by atoms with E-state index in [1.807, 2.05) is 11.3 Å². The first-order valence-corrected chi connectivity index (χ1v) is 9.24. The third kappa shape index (κ3) is 3.55. The van der Waals surface area contributed by atoms with Crippen LogP contribution in [0.3, 0.4) is 0 Å². The molecule has 0 spiro atoms. The van der Waals surface area contributed by atoms with E-state index in [9.17, 15) is 0 Å². The number of nitrogens with one attached hydrogen (secondary N) is 1. The van der Waals surface area contributed by atoms with Crippen molar-refractivity contribution in [3.63, 3.8) is 0 Å². The lowest BCUT2D eigenvalue weighted by Crippen LogP contribution is -2.28. The van der Waals surface area contributed by atoms with Gasteiger partial charge in [-0.2, -0.15) is 0 Å². The van der Waals surface area contributed by atoms with E-state index in [0.29, 0.717) is 6.04 Å². The summed E-state index contributed by atoms with van der Waals surface area (Å²) in [7, 11) is 0. The summed E-state index contributed by atoms with van der Waals surface area (Å²) in [5, 5.41) is 4.89. The summed E-state index contributed by atoms with van der Waals surface area (Å²) in [5.41, 5.74) is 2.63. The van der Waals surface area contributed by atoms with Gasteiger partial charge < -0.3 is 5.32 Å². The van der Waals surface area contributed by atoms with Crippen molar-refractivity contribution in [3.05, 3.63) is 49.9 Å². The number of nitrogens with zero attached hydrogens (tertiary/aromatic N) is 1. The van der Waals surface area contributed by atoms with E-state index in [-0.39, 0.29) is 6.04 Å². The molecule has 0 bridgehead atoms. The van der Waals surface area contributed by atoms with Crippen LogP contribution in [0.15, 0.2) is 28.7 Å². The lowest BCUT2D eigenvalue weighted by Gasteiger charge is -2.20. The highest BCUT2D eigenvalue weighted by Gasteiger charge is 2.22. The van der Waals surface area contributed by atoms with Gasteiger partial charge in [0.25, 0.3) is 0 Å². The quantitative estimate of drug-likeness (QED) is 0.836. The standard InChI is InChI=1S/C17H21BrN2S/c1-11(2)19-16(12-7-9-13(18)10-8-12)17-20-14-5-3-4-6-15(14)21-17/h7-11,16,19H,3-6H2,1-2H3. The fraction of sp³-hybridized carbons (Fsp3) is 0.471. The summed E-state index contributed by atoms with van der Waals surface area (Å²) in [5.74, 6) is 0. The second kappa shape index (κ2) is 6.59. The van der Waals surface area contributed by atoms with Gasteiger partial charge in [-0.05, 0) is 57.2 Å². The lowest BCUT2D eigenvalue weighted by molar-refractivity contribution is 0.525. The van der Waals surface area contributed by atoms with Crippen molar-refractivity contribution in [2.75, 3.05) is 0 Å². The van der Waals surface area contributed by atoms with Gasteiger partial charge in [0.15, 0.2) is 0 Å². The fourth-order valence-corrected chi connectivity index (χ4v) is 4.30. The van der Waals surface area contributed by atoms with Crippen LogP contribution in [0, 0.1) is 0 Å². The monoisotopic (exact) mass is 364 g/mol. The third-order valence-corrected chi connectivity index (χ3v) is 5.56.